The van der Waals surface area contributed by atoms with Gasteiger partial charge in [-0.3, -0.25) is 4.57 Å². The average Bonchev–Trinajstić information content (AvgIpc) is 2.61. The van der Waals surface area contributed by atoms with Gasteiger partial charge in [0.25, 0.3) is 0 Å². The molecular weight excluding hydrogens is 308 g/mol. The molecule has 0 atom stereocenters. The van der Waals surface area contributed by atoms with Crippen LogP contribution in [-0.4, -0.2) is 6.21 Å². The summed E-state index contributed by atoms with van der Waals surface area (Å²) in [6.07, 6.45) is 1.48. The maximum absolute atomic E-state index is 13.6. The van der Waals surface area contributed by atoms with E-state index in [1.54, 1.807) is 36.4 Å². The molecule has 0 unspecified atom stereocenters. The molecule has 0 saturated carbocycles. The van der Waals surface area contributed by atoms with Crippen LogP contribution in [0.2, 0.25) is 0 Å². The van der Waals surface area contributed by atoms with E-state index in [9.17, 15) is 8.96 Å². The molecule has 0 aliphatic rings. The Bertz CT molecular complexity index is 819. The summed E-state index contributed by atoms with van der Waals surface area (Å²) in [5.74, 6) is -0.344. The molecule has 0 fully saturated rings. The third kappa shape index (κ3) is 3.46. The van der Waals surface area contributed by atoms with Gasteiger partial charge >= 0.3 is 0 Å². The van der Waals surface area contributed by atoms with Gasteiger partial charge in [-0.1, -0.05) is 48.5 Å². The predicted octanol–water partition coefficient (Wildman–Crippen LogP) is 4.17. The fourth-order valence-electron chi connectivity index (χ4n) is 2.28. The van der Waals surface area contributed by atoms with E-state index >= 15 is 0 Å². The third-order valence-electron chi connectivity index (χ3n) is 3.43. The van der Waals surface area contributed by atoms with Crippen LogP contribution in [0.4, 0.5) is 4.39 Å². The Morgan fingerprint density at radius 3 is 1.87 bits per heavy atom. The fraction of sp³-hybridized carbons (Fsp3) is 0. The highest BCUT2D eigenvalue weighted by atomic mass is 31.2. The van der Waals surface area contributed by atoms with Gasteiger partial charge in [-0.15, -0.1) is 0 Å². The van der Waals surface area contributed by atoms with Crippen LogP contribution >= 0.6 is 7.29 Å². The fourth-order valence-corrected chi connectivity index (χ4v) is 4.29. The SMILES string of the molecule is O=P(/N=C\c1cccc(F)c1)(c1ccccc1)c1ccccc1. The first-order valence-electron chi connectivity index (χ1n) is 7.21. The van der Waals surface area contributed by atoms with Crippen LogP contribution in [0, 0.1) is 5.82 Å². The van der Waals surface area contributed by atoms with Crippen LogP contribution in [0.5, 0.6) is 0 Å². The second kappa shape index (κ2) is 6.72. The minimum Gasteiger partial charge on any atom is -0.288 e. The number of nitrogens with zero attached hydrogens (tertiary/aromatic N) is 1. The summed E-state index contributed by atoms with van der Waals surface area (Å²) in [7, 11) is -3.16. The van der Waals surface area contributed by atoms with Gasteiger partial charge in [0.05, 0.1) is 0 Å². The van der Waals surface area contributed by atoms with Crippen LogP contribution in [0.15, 0.2) is 89.7 Å². The average molecular weight is 323 g/mol. The second-order valence-corrected chi connectivity index (χ2v) is 7.46. The van der Waals surface area contributed by atoms with Crippen LogP contribution < -0.4 is 10.6 Å². The zero-order valence-electron chi connectivity index (χ0n) is 12.3. The molecule has 3 aromatic carbocycles. The molecule has 0 aromatic heterocycles. The van der Waals surface area contributed by atoms with Crippen molar-refractivity contribution in [1.82, 2.24) is 0 Å². The van der Waals surface area contributed by atoms with Crippen molar-refractivity contribution in [2.45, 2.75) is 0 Å². The van der Waals surface area contributed by atoms with E-state index in [1.165, 1.54) is 18.3 Å². The number of rotatable bonds is 4. The highest BCUT2D eigenvalue weighted by molar-refractivity contribution is 7.77. The summed E-state index contributed by atoms with van der Waals surface area (Å²) in [6, 6.07) is 24.4. The molecule has 0 radical (unpaired) electrons. The Morgan fingerprint density at radius 1 is 0.783 bits per heavy atom. The summed E-state index contributed by atoms with van der Waals surface area (Å²) in [6.45, 7) is 0. The Balaban J connectivity index is 2.08. The lowest BCUT2D eigenvalue weighted by Gasteiger charge is -2.14. The van der Waals surface area contributed by atoms with E-state index in [2.05, 4.69) is 4.76 Å². The second-order valence-electron chi connectivity index (χ2n) is 5.05. The first-order chi connectivity index (χ1) is 11.2. The van der Waals surface area contributed by atoms with E-state index in [0.717, 1.165) is 0 Å². The number of hydrogen-bond acceptors (Lipinski definition) is 1. The number of hydrogen-bond donors (Lipinski definition) is 0. The third-order valence-corrected chi connectivity index (χ3v) is 5.87. The first kappa shape index (κ1) is 15.4. The summed E-state index contributed by atoms with van der Waals surface area (Å²) in [5, 5.41) is 1.30. The molecule has 0 saturated heterocycles. The van der Waals surface area contributed by atoms with Gasteiger partial charge in [0.2, 0.25) is 7.29 Å². The maximum atomic E-state index is 13.6. The van der Waals surface area contributed by atoms with Crippen molar-refractivity contribution >= 4 is 24.1 Å². The smallest absolute Gasteiger partial charge is 0.247 e. The summed E-state index contributed by atoms with van der Waals surface area (Å²) in [4.78, 5) is 0. The summed E-state index contributed by atoms with van der Waals surface area (Å²) >= 11 is 0. The van der Waals surface area contributed by atoms with Gasteiger partial charge in [-0.2, -0.15) is 0 Å². The molecule has 23 heavy (non-hydrogen) atoms. The zero-order valence-corrected chi connectivity index (χ0v) is 13.2. The number of halogens is 1. The zero-order chi connectivity index (χ0) is 16.1. The lowest BCUT2D eigenvalue weighted by atomic mass is 10.2. The Labute approximate surface area is 134 Å². The van der Waals surface area contributed by atoms with Crippen LogP contribution in [-0.2, 0) is 4.57 Å². The van der Waals surface area contributed by atoms with Crippen molar-refractivity contribution in [2.24, 2.45) is 4.76 Å². The Morgan fingerprint density at radius 2 is 1.35 bits per heavy atom. The van der Waals surface area contributed by atoms with E-state index in [1.807, 2.05) is 36.4 Å². The highest BCUT2D eigenvalue weighted by Crippen LogP contribution is 2.44. The molecule has 0 spiro atoms. The standard InChI is InChI=1S/C19H15FNOP/c20-17-9-7-8-16(14-17)15-21-23(22,18-10-3-1-4-11-18)19-12-5-2-6-13-19/h1-15H/b21-15-. The minimum atomic E-state index is -3.16. The van der Waals surface area contributed by atoms with Gasteiger partial charge < -0.3 is 0 Å². The van der Waals surface area contributed by atoms with E-state index in [-0.39, 0.29) is 5.82 Å². The van der Waals surface area contributed by atoms with Crippen molar-refractivity contribution in [3.8, 4) is 0 Å². The quantitative estimate of drug-likeness (QED) is 0.523. The van der Waals surface area contributed by atoms with Gasteiger partial charge in [0, 0.05) is 16.8 Å². The van der Waals surface area contributed by atoms with Crippen molar-refractivity contribution in [3.05, 3.63) is 96.3 Å². The highest BCUT2D eigenvalue weighted by Gasteiger charge is 2.25. The largest absolute Gasteiger partial charge is 0.288 e. The molecule has 0 amide bonds. The van der Waals surface area contributed by atoms with Crippen molar-refractivity contribution in [1.29, 1.82) is 0 Å². The lowest BCUT2D eigenvalue weighted by Crippen LogP contribution is -2.14. The molecule has 0 bridgehead atoms. The monoisotopic (exact) mass is 323 g/mol. The van der Waals surface area contributed by atoms with Crippen LogP contribution in [0.3, 0.4) is 0 Å². The molecule has 0 N–H and O–H groups in total. The molecule has 2 nitrogen and oxygen atoms in total. The Hall–Kier alpha value is -2.51. The summed E-state index contributed by atoms with van der Waals surface area (Å²) < 4.78 is 31.3. The van der Waals surface area contributed by atoms with Crippen LogP contribution in [0.1, 0.15) is 5.56 Å². The summed E-state index contributed by atoms with van der Waals surface area (Å²) in [5.41, 5.74) is 0.581. The van der Waals surface area contributed by atoms with Crippen molar-refractivity contribution in [2.75, 3.05) is 0 Å². The van der Waals surface area contributed by atoms with Gasteiger partial charge in [-0.05, 0) is 42.0 Å². The minimum absolute atomic E-state index is 0.344. The molecule has 3 aromatic rings. The molecule has 0 aliphatic carbocycles. The van der Waals surface area contributed by atoms with Gasteiger partial charge in [-0.25, -0.2) is 9.15 Å². The van der Waals surface area contributed by atoms with Gasteiger partial charge in [0.15, 0.2) is 0 Å². The number of benzene rings is 3. The molecule has 0 heterocycles. The molecule has 114 valence electrons. The molecular formula is C19H15FNOP. The predicted molar refractivity (Wildman–Crippen MR) is 93.8 cm³/mol. The normalized spacial score (nSPS) is 11.7. The lowest BCUT2D eigenvalue weighted by molar-refractivity contribution is 0.588. The van der Waals surface area contributed by atoms with E-state index in [0.29, 0.717) is 16.2 Å². The van der Waals surface area contributed by atoms with Gasteiger partial charge in [0.1, 0.15) is 5.82 Å². The molecule has 3 rings (SSSR count). The Kier molecular flexibility index (Phi) is 4.50. The maximum Gasteiger partial charge on any atom is 0.247 e. The van der Waals surface area contributed by atoms with E-state index < -0.39 is 7.29 Å². The van der Waals surface area contributed by atoms with Crippen LogP contribution in [0.25, 0.3) is 0 Å². The van der Waals surface area contributed by atoms with Crippen molar-refractivity contribution in [3.63, 3.8) is 0 Å². The van der Waals surface area contributed by atoms with Crippen molar-refractivity contribution < 1.29 is 8.96 Å². The molecule has 4 heteroatoms. The first-order valence-corrected chi connectivity index (χ1v) is 8.87. The molecule has 0 aliphatic heterocycles. The topological polar surface area (TPSA) is 29.4 Å². The van der Waals surface area contributed by atoms with E-state index in [4.69, 9.17) is 0 Å².